The number of ether oxygens (including phenoxy) is 3. The first-order chi connectivity index (χ1) is 17.3. The van der Waals surface area contributed by atoms with E-state index in [-0.39, 0.29) is 49.0 Å². The Balaban J connectivity index is 1.82. The molecule has 10 nitrogen and oxygen atoms in total. The number of aromatic amines is 1. The number of amides is 1. The molecule has 3 rings (SSSR count). The minimum atomic E-state index is -1.04. The van der Waals surface area contributed by atoms with Crippen molar-refractivity contribution >= 4 is 23.8 Å². The molecular formula is C26H28N2O8. The summed E-state index contributed by atoms with van der Waals surface area (Å²) in [5.41, 5.74) is 1.46. The van der Waals surface area contributed by atoms with Gasteiger partial charge in [0.2, 0.25) is 0 Å². The summed E-state index contributed by atoms with van der Waals surface area (Å²) in [6, 6.07) is 11.1. The quantitative estimate of drug-likeness (QED) is 0.305. The molecule has 3 aromatic rings. The van der Waals surface area contributed by atoms with Crippen molar-refractivity contribution in [3.8, 4) is 0 Å². The average Bonchev–Trinajstić information content (AvgIpc) is 3.51. The Morgan fingerprint density at radius 1 is 0.944 bits per heavy atom. The Hall–Kier alpha value is -4.34. The first-order valence-corrected chi connectivity index (χ1v) is 11.5. The number of carbonyl (C=O) groups excluding carboxylic acids is 4. The van der Waals surface area contributed by atoms with Gasteiger partial charge in [0.05, 0.1) is 30.7 Å². The topological polar surface area (TPSA) is 137 Å². The number of hydrogen-bond acceptors (Lipinski definition) is 8. The molecule has 0 aliphatic heterocycles. The van der Waals surface area contributed by atoms with Gasteiger partial charge in [0.25, 0.3) is 5.91 Å². The monoisotopic (exact) mass is 496 g/mol. The average molecular weight is 497 g/mol. The second-order valence-electron chi connectivity index (χ2n) is 7.72. The predicted molar refractivity (Wildman–Crippen MR) is 127 cm³/mol. The van der Waals surface area contributed by atoms with Crippen molar-refractivity contribution in [2.24, 2.45) is 0 Å². The Labute approximate surface area is 207 Å². The zero-order chi connectivity index (χ0) is 26.1. The van der Waals surface area contributed by atoms with Gasteiger partial charge in [0, 0.05) is 6.42 Å². The van der Waals surface area contributed by atoms with Crippen molar-refractivity contribution in [1.29, 1.82) is 0 Å². The molecule has 36 heavy (non-hydrogen) atoms. The molecule has 10 heteroatoms. The van der Waals surface area contributed by atoms with Crippen LogP contribution in [-0.4, -0.2) is 48.1 Å². The van der Waals surface area contributed by atoms with Gasteiger partial charge in [-0.3, -0.25) is 4.79 Å². The smallest absolute Gasteiger partial charge is 0.355 e. The third-order valence-electron chi connectivity index (χ3n) is 5.26. The summed E-state index contributed by atoms with van der Waals surface area (Å²) < 4.78 is 20.7. The Morgan fingerprint density at radius 3 is 2.28 bits per heavy atom. The lowest BCUT2D eigenvalue weighted by Gasteiger charge is -2.17. The molecule has 0 spiro atoms. The summed E-state index contributed by atoms with van der Waals surface area (Å²) in [6.07, 6.45) is 1.51. The molecule has 0 radical (unpaired) electrons. The largest absolute Gasteiger partial charge is 0.462 e. The second-order valence-corrected chi connectivity index (χ2v) is 7.72. The van der Waals surface area contributed by atoms with E-state index in [1.807, 2.05) is 30.3 Å². The number of aromatic nitrogens is 1. The molecule has 1 atom stereocenters. The van der Waals surface area contributed by atoms with E-state index in [4.69, 9.17) is 18.6 Å². The molecule has 0 aliphatic rings. The number of H-pyrrole nitrogens is 1. The Kier molecular flexibility index (Phi) is 9.04. The lowest BCUT2D eigenvalue weighted by atomic mass is 10.1. The standard InChI is InChI=1S/C26H28N2O8/c1-4-33-25(31)21-16(3)22(26(32)34-5-2)27-19(21)15-36-24(30)18(14-17-10-7-6-8-11-17)28-23(29)20-12-9-13-35-20/h6-13,18,27H,4-5,14-15H2,1-3H3,(H,28,29). The fourth-order valence-corrected chi connectivity index (χ4v) is 3.58. The Morgan fingerprint density at radius 2 is 1.64 bits per heavy atom. The molecule has 0 aliphatic carbocycles. The van der Waals surface area contributed by atoms with Crippen LogP contribution in [0.1, 0.15) is 62.1 Å². The van der Waals surface area contributed by atoms with Gasteiger partial charge in [-0.1, -0.05) is 30.3 Å². The molecule has 1 aromatic carbocycles. The van der Waals surface area contributed by atoms with Crippen molar-refractivity contribution in [2.45, 2.75) is 39.8 Å². The van der Waals surface area contributed by atoms with Crippen LogP contribution in [0.5, 0.6) is 0 Å². The van der Waals surface area contributed by atoms with E-state index < -0.39 is 29.9 Å². The van der Waals surface area contributed by atoms with Crippen LogP contribution in [-0.2, 0) is 32.0 Å². The van der Waals surface area contributed by atoms with Crippen LogP contribution in [0.3, 0.4) is 0 Å². The maximum Gasteiger partial charge on any atom is 0.355 e. The van der Waals surface area contributed by atoms with Gasteiger partial charge in [-0.25, -0.2) is 14.4 Å². The molecular weight excluding hydrogens is 468 g/mol. The van der Waals surface area contributed by atoms with Gasteiger partial charge in [0.15, 0.2) is 5.76 Å². The van der Waals surface area contributed by atoms with Gasteiger partial charge < -0.3 is 28.9 Å². The van der Waals surface area contributed by atoms with Crippen LogP contribution in [0.25, 0.3) is 0 Å². The van der Waals surface area contributed by atoms with Gasteiger partial charge >= 0.3 is 17.9 Å². The number of esters is 3. The van der Waals surface area contributed by atoms with Gasteiger partial charge in [-0.05, 0) is 44.0 Å². The third-order valence-corrected chi connectivity index (χ3v) is 5.26. The molecule has 1 unspecified atom stereocenters. The fraction of sp³-hybridized carbons (Fsp3) is 0.308. The molecule has 2 heterocycles. The lowest BCUT2D eigenvalue weighted by Crippen LogP contribution is -2.43. The van der Waals surface area contributed by atoms with Crippen LogP contribution in [0, 0.1) is 6.92 Å². The number of carbonyl (C=O) groups is 4. The van der Waals surface area contributed by atoms with Gasteiger partial charge in [0.1, 0.15) is 18.3 Å². The summed E-state index contributed by atoms with van der Waals surface area (Å²) in [7, 11) is 0. The van der Waals surface area contributed by atoms with E-state index in [0.29, 0.717) is 5.56 Å². The maximum absolute atomic E-state index is 13.1. The van der Waals surface area contributed by atoms with E-state index in [0.717, 1.165) is 5.56 Å². The normalized spacial score (nSPS) is 11.4. The van der Waals surface area contributed by atoms with Crippen LogP contribution < -0.4 is 5.32 Å². The van der Waals surface area contributed by atoms with Gasteiger partial charge in [-0.15, -0.1) is 0 Å². The SMILES string of the molecule is CCOC(=O)c1[nH]c(COC(=O)C(Cc2ccccc2)NC(=O)c2ccco2)c(C(=O)OCC)c1C. The zero-order valence-electron chi connectivity index (χ0n) is 20.3. The van der Waals surface area contributed by atoms with Crippen LogP contribution in [0.15, 0.2) is 53.1 Å². The minimum Gasteiger partial charge on any atom is -0.462 e. The molecule has 1 amide bonds. The molecule has 0 fully saturated rings. The fourth-order valence-electron chi connectivity index (χ4n) is 3.58. The van der Waals surface area contributed by atoms with Crippen molar-refractivity contribution < 1.29 is 37.8 Å². The third kappa shape index (κ3) is 6.41. The van der Waals surface area contributed by atoms with Crippen LogP contribution in [0.4, 0.5) is 0 Å². The van der Waals surface area contributed by atoms with E-state index in [9.17, 15) is 19.2 Å². The molecule has 0 saturated heterocycles. The molecule has 2 N–H and O–H groups in total. The van der Waals surface area contributed by atoms with E-state index >= 15 is 0 Å². The maximum atomic E-state index is 13.1. The molecule has 190 valence electrons. The first kappa shape index (κ1) is 26.3. The van der Waals surface area contributed by atoms with E-state index in [1.54, 1.807) is 26.8 Å². The summed E-state index contributed by atoms with van der Waals surface area (Å²) in [5, 5.41) is 2.63. The second kappa shape index (κ2) is 12.4. The van der Waals surface area contributed by atoms with E-state index in [2.05, 4.69) is 10.3 Å². The van der Waals surface area contributed by atoms with Crippen molar-refractivity contribution in [2.75, 3.05) is 13.2 Å². The first-order valence-electron chi connectivity index (χ1n) is 11.5. The van der Waals surface area contributed by atoms with Gasteiger partial charge in [-0.2, -0.15) is 0 Å². The summed E-state index contributed by atoms with van der Waals surface area (Å²) in [6.45, 7) is 4.79. The lowest BCUT2D eigenvalue weighted by molar-refractivity contribution is -0.147. The zero-order valence-corrected chi connectivity index (χ0v) is 20.3. The van der Waals surface area contributed by atoms with Crippen LogP contribution in [0.2, 0.25) is 0 Å². The predicted octanol–water partition coefficient (Wildman–Crippen LogP) is 3.35. The number of furan rings is 1. The van der Waals surface area contributed by atoms with Crippen molar-refractivity contribution in [3.63, 3.8) is 0 Å². The highest BCUT2D eigenvalue weighted by molar-refractivity contribution is 5.98. The highest BCUT2D eigenvalue weighted by Crippen LogP contribution is 2.22. The number of hydrogen-bond donors (Lipinski definition) is 2. The van der Waals surface area contributed by atoms with Crippen LogP contribution >= 0.6 is 0 Å². The molecule has 2 aromatic heterocycles. The highest BCUT2D eigenvalue weighted by atomic mass is 16.5. The Bertz CT molecular complexity index is 1200. The minimum absolute atomic E-state index is 0.0459. The van der Waals surface area contributed by atoms with E-state index in [1.165, 1.54) is 12.3 Å². The number of benzene rings is 1. The summed E-state index contributed by atoms with van der Waals surface area (Å²) in [5.74, 6) is -2.58. The van der Waals surface area contributed by atoms with Crippen molar-refractivity contribution in [3.05, 3.63) is 82.6 Å². The molecule has 0 saturated carbocycles. The number of rotatable bonds is 11. The molecule has 0 bridgehead atoms. The highest BCUT2D eigenvalue weighted by Gasteiger charge is 2.28. The van der Waals surface area contributed by atoms with Crippen molar-refractivity contribution in [1.82, 2.24) is 10.3 Å². The summed E-state index contributed by atoms with van der Waals surface area (Å²) >= 11 is 0. The number of nitrogens with one attached hydrogen (secondary N) is 2. The summed E-state index contributed by atoms with van der Waals surface area (Å²) in [4.78, 5) is 53.4.